The second-order valence-corrected chi connectivity index (χ2v) is 6.82. The minimum absolute atomic E-state index is 0.0974. The van der Waals surface area contributed by atoms with E-state index < -0.39 is 11.4 Å². The first-order chi connectivity index (χ1) is 12.4. The molecule has 1 amide bonds. The Bertz CT molecular complexity index is 804. The summed E-state index contributed by atoms with van der Waals surface area (Å²) in [5.74, 6) is -0.799. The molecule has 26 heavy (non-hydrogen) atoms. The van der Waals surface area contributed by atoms with Gasteiger partial charge in [0, 0.05) is 0 Å². The van der Waals surface area contributed by atoms with Crippen molar-refractivity contribution in [1.82, 2.24) is 5.32 Å². The van der Waals surface area contributed by atoms with Crippen LogP contribution in [0.1, 0.15) is 59.5 Å². The summed E-state index contributed by atoms with van der Waals surface area (Å²) in [5.41, 5.74) is 0.238. The molecule has 1 heterocycles. The monoisotopic (exact) mass is 359 g/mol. The van der Waals surface area contributed by atoms with Crippen LogP contribution in [0.4, 0.5) is 4.39 Å². The maximum absolute atomic E-state index is 13.3. The number of halogens is 1. The molecule has 0 radical (unpaired) electrons. The fourth-order valence-corrected chi connectivity index (χ4v) is 3.75. The van der Waals surface area contributed by atoms with Crippen LogP contribution in [0.3, 0.4) is 0 Å². The SMILES string of the molecule is Cc1oc(CNC(=O)C2(c3ccc(F)cc3)CCCCC2)cc1C(=O)O. The molecule has 1 saturated carbocycles. The van der Waals surface area contributed by atoms with E-state index in [4.69, 9.17) is 9.52 Å². The van der Waals surface area contributed by atoms with Crippen LogP contribution in [0.5, 0.6) is 0 Å². The number of carboxylic acids is 1. The number of carbonyl (C=O) groups excluding carboxylic acids is 1. The van der Waals surface area contributed by atoms with Gasteiger partial charge in [0.05, 0.1) is 12.0 Å². The molecule has 0 unspecified atom stereocenters. The van der Waals surface area contributed by atoms with Crippen molar-refractivity contribution in [3.63, 3.8) is 0 Å². The van der Waals surface area contributed by atoms with Crippen LogP contribution >= 0.6 is 0 Å². The van der Waals surface area contributed by atoms with E-state index in [0.717, 1.165) is 24.8 Å². The first-order valence-corrected chi connectivity index (χ1v) is 8.79. The van der Waals surface area contributed by atoms with Crippen molar-refractivity contribution < 1.29 is 23.5 Å². The average Bonchev–Trinajstić information content (AvgIpc) is 3.02. The lowest BCUT2D eigenvalue weighted by atomic mass is 9.68. The molecule has 0 atom stereocenters. The van der Waals surface area contributed by atoms with Gasteiger partial charge in [0.15, 0.2) is 0 Å². The van der Waals surface area contributed by atoms with Crippen molar-refractivity contribution in [3.8, 4) is 0 Å². The summed E-state index contributed by atoms with van der Waals surface area (Å²) in [6.07, 6.45) is 4.38. The van der Waals surface area contributed by atoms with Crippen LogP contribution in [0.2, 0.25) is 0 Å². The zero-order chi connectivity index (χ0) is 18.7. The van der Waals surface area contributed by atoms with Gasteiger partial charge in [0.2, 0.25) is 5.91 Å². The summed E-state index contributed by atoms with van der Waals surface area (Å²) >= 11 is 0. The summed E-state index contributed by atoms with van der Waals surface area (Å²) in [7, 11) is 0. The number of benzene rings is 1. The predicted octanol–water partition coefficient (Wildman–Crippen LogP) is 3.94. The number of furan rings is 1. The van der Waals surface area contributed by atoms with E-state index in [9.17, 15) is 14.0 Å². The Hall–Kier alpha value is -2.63. The van der Waals surface area contributed by atoms with Gasteiger partial charge in [-0.25, -0.2) is 9.18 Å². The lowest BCUT2D eigenvalue weighted by molar-refractivity contribution is -0.128. The van der Waals surface area contributed by atoms with Gasteiger partial charge in [-0.2, -0.15) is 0 Å². The normalized spacial score (nSPS) is 16.2. The number of aryl methyl sites for hydroxylation is 1. The highest BCUT2D eigenvalue weighted by Gasteiger charge is 2.41. The number of aromatic carboxylic acids is 1. The van der Waals surface area contributed by atoms with Gasteiger partial charge in [0.25, 0.3) is 0 Å². The van der Waals surface area contributed by atoms with Gasteiger partial charge < -0.3 is 14.8 Å². The van der Waals surface area contributed by atoms with Crippen LogP contribution in [-0.2, 0) is 16.8 Å². The molecule has 0 aliphatic heterocycles. The van der Waals surface area contributed by atoms with E-state index in [2.05, 4.69) is 5.32 Å². The van der Waals surface area contributed by atoms with Crippen molar-refractivity contribution in [2.45, 2.75) is 51.0 Å². The second kappa shape index (κ2) is 7.32. The fraction of sp³-hybridized carbons (Fsp3) is 0.400. The van der Waals surface area contributed by atoms with Crippen molar-refractivity contribution >= 4 is 11.9 Å². The minimum atomic E-state index is -1.06. The summed E-state index contributed by atoms with van der Waals surface area (Å²) < 4.78 is 18.7. The van der Waals surface area contributed by atoms with Crippen LogP contribution in [0.25, 0.3) is 0 Å². The number of carbonyl (C=O) groups is 2. The summed E-state index contributed by atoms with van der Waals surface area (Å²) in [6.45, 7) is 1.70. The number of hydrogen-bond donors (Lipinski definition) is 2. The molecule has 1 fully saturated rings. The lowest BCUT2D eigenvalue weighted by Crippen LogP contribution is -2.45. The fourth-order valence-electron chi connectivity index (χ4n) is 3.75. The Labute approximate surface area is 151 Å². The molecule has 138 valence electrons. The first kappa shape index (κ1) is 18.2. The third-order valence-corrected chi connectivity index (χ3v) is 5.16. The largest absolute Gasteiger partial charge is 0.478 e. The Morgan fingerprint density at radius 3 is 2.42 bits per heavy atom. The van der Waals surface area contributed by atoms with E-state index >= 15 is 0 Å². The van der Waals surface area contributed by atoms with Gasteiger partial charge in [-0.3, -0.25) is 4.79 Å². The number of amides is 1. The number of rotatable bonds is 5. The molecule has 2 N–H and O–H groups in total. The molecule has 6 heteroatoms. The molecule has 1 aliphatic rings. The highest BCUT2D eigenvalue weighted by Crippen LogP contribution is 2.40. The Balaban J connectivity index is 1.79. The third kappa shape index (κ3) is 3.49. The maximum atomic E-state index is 13.3. The van der Waals surface area contributed by atoms with Crippen LogP contribution in [0, 0.1) is 12.7 Å². The number of carboxylic acid groups (broad SMARTS) is 1. The minimum Gasteiger partial charge on any atom is -0.478 e. The molecule has 2 aromatic rings. The van der Waals surface area contributed by atoms with Crippen molar-refractivity contribution in [2.75, 3.05) is 0 Å². The summed E-state index contributed by atoms with van der Waals surface area (Å²) in [4.78, 5) is 24.1. The van der Waals surface area contributed by atoms with Crippen LogP contribution < -0.4 is 5.32 Å². The van der Waals surface area contributed by atoms with E-state index in [1.54, 1.807) is 19.1 Å². The van der Waals surface area contributed by atoms with Crippen LogP contribution in [0.15, 0.2) is 34.7 Å². The maximum Gasteiger partial charge on any atom is 0.339 e. The Kier molecular flexibility index (Phi) is 5.11. The molecule has 0 spiro atoms. The Morgan fingerprint density at radius 2 is 1.85 bits per heavy atom. The van der Waals surface area contributed by atoms with Gasteiger partial charge >= 0.3 is 5.97 Å². The Morgan fingerprint density at radius 1 is 1.19 bits per heavy atom. The molecule has 0 saturated heterocycles. The van der Waals surface area contributed by atoms with Gasteiger partial charge in [0.1, 0.15) is 22.9 Å². The smallest absolute Gasteiger partial charge is 0.339 e. The topological polar surface area (TPSA) is 79.5 Å². The third-order valence-electron chi connectivity index (χ3n) is 5.16. The highest BCUT2D eigenvalue weighted by molar-refractivity contribution is 5.89. The standard InChI is InChI=1S/C20H22FNO4/c1-13-17(18(23)24)11-16(26-13)12-22-19(25)20(9-3-2-4-10-20)14-5-7-15(21)8-6-14/h5-8,11H,2-4,9-10,12H2,1H3,(H,22,25)(H,23,24). The van der Waals surface area contributed by atoms with Gasteiger partial charge in [-0.1, -0.05) is 31.4 Å². The molecular weight excluding hydrogens is 337 g/mol. The molecule has 1 aromatic heterocycles. The predicted molar refractivity (Wildman–Crippen MR) is 93.4 cm³/mol. The second-order valence-electron chi connectivity index (χ2n) is 6.82. The van der Waals surface area contributed by atoms with E-state index in [-0.39, 0.29) is 23.8 Å². The quantitative estimate of drug-likeness (QED) is 0.847. The average molecular weight is 359 g/mol. The molecule has 3 rings (SSSR count). The number of hydrogen-bond acceptors (Lipinski definition) is 3. The molecule has 1 aromatic carbocycles. The molecule has 1 aliphatic carbocycles. The van der Waals surface area contributed by atoms with Crippen molar-refractivity contribution in [1.29, 1.82) is 0 Å². The highest BCUT2D eigenvalue weighted by atomic mass is 19.1. The van der Waals surface area contributed by atoms with E-state index in [0.29, 0.717) is 24.4 Å². The van der Waals surface area contributed by atoms with E-state index in [1.807, 2.05) is 0 Å². The van der Waals surface area contributed by atoms with Gasteiger partial charge in [-0.05, 0) is 43.5 Å². The number of nitrogens with one attached hydrogen (secondary N) is 1. The first-order valence-electron chi connectivity index (χ1n) is 8.79. The lowest BCUT2D eigenvalue weighted by Gasteiger charge is -2.36. The molecule has 5 nitrogen and oxygen atoms in total. The molecule has 0 bridgehead atoms. The molecular formula is C20H22FNO4. The van der Waals surface area contributed by atoms with E-state index in [1.165, 1.54) is 18.2 Å². The van der Waals surface area contributed by atoms with Crippen molar-refractivity contribution in [2.24, 2.45) is 0 Å². The summed E-state index contributed by atoms with van der Waals surface area (Å²) in [5, 5.41) is 12.0. The zero-order valence-corrected chi connectivity index (χ0v) is 14.7. The van der Waals surface area contributed by atoms with Crippen molar-refractivity contribution in [3.05, 3.63) is 58.8 Å². The van der Waals surface area contributed by atoms with Crippen LogP contribution in [-0.4, -0.2) is 17.0 Å². The van der Waals surface area contributed by atoms with Gasteiger partial charge in [-0.15, -0.1) is 0 Å². The summed E-state index contributed by atoms with van der Waals surface area (Å²) in [6, 6.07) is 7.56. The zero-order valence-electron chi connectivity index (χ0n) is 14.7.